The predicted octanol–water partition coefficient (Wildman–Crippen LogP) is 2.71. The molecule has 3 aromatic heterocycles. The molecule has 1 N–H and O–H groups in total. The second-order valence-corrected chi connectivity index (χ2v) is 6.79. The van der Waals surface area contributed by atoms with E-state index in [0.29, 0.717) is 24.4 Å². The fraction of sp³-hybridized carbons (Fsp3) is 0.471. The summed E-state index contributed by atoms with van der Waals surface area (Å²) < 4.78 is 2.25. The van der Waals surface area contributed by atoms with Crippen LogP contribution in [0, 0.1) is 17.2 Å². The first-order valence-electron chi connectivity index (χ1n) is 8.30. The summed E-state index contributed by atoms with van der Waals surface area (Å²) in [5, 5.41) is 12.6. The van der Waals surface area contributed by atoms with Crippen LogP contribution in [-0.4, -0.2) is 31.7 Å². The number of hydrogen-bond acceptors (Lipinski definition) is 4. The van der Waals surface area contributed by atoms with Crippen LogP contribution in [0.4, 0.5) is 0 Å². The number of piperidine rings is 1. The predicted molar refractivity (Wildman–Crippen MR) is 87.4 cm³/mol. The third kappa shape index (κ3) is 1.79. The van der Waals surface area contributed by atoms with Crippen molar-refractivity contribution in [3.05, 3.63) is 24.8 Å². The Morgan fingerprint density at radius 3 is 2.87 bits per heavy atom. The van der Waals surface area contributed by atoms with E-state index in [9.17, 15) is 0 Å². The standard InChI is InChI=1S/C17H18N6/c18-5-3-11-7-12-1-2-13(8-11)23(12)22-10-21-15-9-20-17-14(16(15)22)4-6-19-17/h4,6,9-13H,1-3,7-8H2,(H,19,20). The van der Waals surface area contributed by atoms with Gasteiger partial charge in [0.15, 0.2) is 0 Å². The van der Waals surface area contributed by atoms with E-state index in [2.05, 4.69) is 36.8 Å². The van der Waals surface area contributed by atoms with Crippen LogP contribution in [0.25, 0.3) is 22.1 Å². The summed E-state index contributed by atoms with van der Waals surface area (Å²) in [6, 6.07) is 5.47. The average Bonchev–Trinajstić information content (AvgIpc) is 3.22. The summed E-state index contributed by atoms with van der Waals surface area (Å²) in [6.07, 6.45) is 11.1. The quantitative estimate of drug-likeness (QED) is 0.790. The molecule has 116 valence electrons. The lowest BCUT2D eigenvalue weighted by Gasteiger charge is -2.40. The Labute approximate surface area is 133 Å². The molecule has 6 heteroatoms. The molecule has 5 rings (SSSR count). The van der Waals surface area contributed by atoms with E-state index >= 15 is 0 Å². The number of nitriles is 1. The van der Waals surface area contributed by atoms with Gasteiger partial charge in [-0.25, -0.2) is 14.6 Å². The van der Waals surface area contributed by atoms with E-state index in [4.69, 9.17) is 5.26 Å². The van der Waals surface area contributed by atoms with Crippen molar-refractivity contribution in [2.24, 2.45) is 5.92 Å². The van der Waals surface area contributed by atoms with Crippen molar-refractivity contribution in [1.29, 1.82) is 5.26 Å². The van der Waals surface area contributed by atoms with Crippen molar-refractivity contribution in [1.82, 2.24) is 19.6 Å². The van der Waals surface area contributed by atoms with Crippen LogP contribution >= 0.6 is 0 Å². The number of aromatic amines is 1. The van der Waals surface area contributed by atoms with Crippen LogP contribution in [0.3, 0.4) is 0 Å². The van der Waals surface area contributed by atoms with Gasteiger partial charge in [-0.3, -0.25) is 0 Å². The zero-order valence-corrected chi connectivity index (χ0v) is 12.8. The topological polar surface area (TPSA) is 73.5 Å². The Hall–Kier alpha value is -2.55. The molecule has 0 aliphatic carbocycles. The lowest BCUT2D eigenvalue weighted by Crippen LogP contribution is -2.49. The molecule has 3 aromatic rings. The van der Waals surface area contributed by atoms with E-state index in [1.165, 1.54) is 12.8 Å². The lowest BCUT2D eigenvalue weighted by molar-refractivity contribution is 0.299. The van der Waals surface area contributed by atoms with Gasteiger partial charge in [0.2, 0.25) is 0 Å². The molecule has 0 spiro atoms. The smallest absolute Gasteiger partial charge is 0.139 e. The number of nitrogens with zero attached hydrogens (tertiary/aromatic N) is 5. The third-order valence-electron chi connectivity index (χ3n) is 5.50. The summed E-state index contributed by atoms with van der Waals surface area (Å²) in [7, 11) is 0. The second kappa shape index (κ2) is 4.72. The first kappa shape index (κ1) is 12.9. The number of H-pyrrole nitrogens is 1. The van der Waals surface area contributed by atoms with Crippen LogP contribution in [-0.2, 0) is 0 Å². The fourth-order valence-electron chi connectivity index (χ4n) is 4.58. The second-order valence-electron chi connectivity index (χ2n) is 6.79. The van der Waals surface area contributed by atoms with Crippen LogP contribution in [0.1, 0.15) is 32.1 Å². The van der Waals surface area contributed by atoms with E-state index in [1.54, 1.807) is 0 Å². The SMILES string of the molecule is N#CCC1CC2CCC(C1)N2n1cnc2cnc3[nH]ccc3c21. The van der Waals surface area contributed by atoms with Crippen molar-refractivity contribution in [3.63, 3.8) is 0 Å². The Morgan fingerprint density at radius 1 is 1.26 bits per heavy atom. The molecule has 2 aliphatic heterocycles. The Balaban J connectivity index is 1.62. The summed E-state index contributed by atoms with van der Waals surface area (Å²) in [4.78, 5) is 12.2. The molecule has 5 heterocycles. The molecular weight excluding hydrogens is 288 g/mol. The summed E-state index contributed by atoms with van der Waals surface area (Å²) in [6.45, 7) is 0. The molecule has 2 unspecified atom stereocenters. The molecule has 0 aromatic carbocycles. The number of fused-ring (bicyclic) bond motifs is 5. The van der Waals surface area contributed by atoms with Gasteiger partial charge in [-0.05, 0) is 37.7 Å². The van der Waals surface area contributed by atoms with Gasteiger partial charge in [0.05, 0.1) is 12.3 Å². The molecule has 0 saturated carbocycles. The molecule has 0 amide bonds. The van der Waals surface area contributed by atoms with Crippen molar-refractivity contribution in [2.75, 3.05) is 5.01 Å². The highest BCUT2D eigenvalue weighted by molar-refractivity contribution is 6.01. The van der Waals surface area contributed by atoms with Crippen molar-refractivity contribution in [2.45, 2.75) is 44.2 Å². The Bertz CT molecular complexity index is 902. The first-order chi connectivity index (χ1) is 11.3. The summed E-state index contributed by atoms with van der Waals surface area (Å²) in [5.74, 6) is 0.553. The molecule has 2 saturated heterocycles. The molecule has 0 radical (unpaired) electrons. The summed E-state index contributed by atoms with van der Waals surface area (Å²) in [5.41, 5.74) is 2.99. The maximum Gasteiger partial charge on any atom is 0.139 e. The highest BCUT2D eigenvalue weighted by atomic mass is 15.6. The van der Waals surface area contributed by atoms with E-state index in [-0.39, 0.29) is 0 Å². The monoisotopic (exact) mass is 306 g/mol. The number of pyridine rings is 1. The molecule has 6 nitrogen and oxygen atoms in total. The zero-order chi connectivity index (χ0) is 15.4. The number of aromatic nitrogens is 4. The van der Waals surface area contributed by atoms with E-state index < -0.39 is 0 Å². The largest absolute Gasteiger partial charge is 0.346 e. The number of imidazole rings is 1. The van der Waals surface area contributed by atoms with Gasteiger partial charge in [0.1, 0.15) is 23.0 Å². The Morgan fingerprint density at radius 2 is 2.09 bits per heavy atom. The highest BCUT2D eigenvalue weighted by Crippen LogP contribution is 2.39. The van der Waals surface area contributed by atoms with Gasteiger partial charge >= 0.3 is 0 Å². The number of rotatable bonds is 2. The van der Waals surface area contributed by atoms with Crippen LogP contribution in [0.2, 0.25) is 0 Å². The lowest BCUT2D eigenvalue weighted by atomic mass is 9.89. The fourth-order valence-corrected chi connectivity index (χ4v) is 4.58. The van der Waals surface area contributed by atoms with Gasteiger partial charge < -0.3 is 9.99 Å². The highest BCUT2D eigenvalue weighted by Gasteiger charge is 2.41. The van der Waals surface area contributed by atoms with E-state index in [0.717, 1.165) is 34.9 Å². The van der Waals surface area contributed by atoms with Gasteiger partial charge in [-0.15, -0.1) is 0 Å². The normalized spacial score (nSPS) is 26.9. The molecular formula is C17H18N6. The van der Waals surface area contributed by atoms with Crippen molar-refractivity contribution < 1.29 is 0 Å². The molecule has 2 bridgehead atoms. The maximum atomic E-state index is 9.01. The maximum absolute atomic E-state index is 9.01. The number of hydrogen-bond donors (Lipinski definition) is 1. The van der Waals surface area contributed by atoms with Crippen LogP contribution in [0.15, 0.2) is 24.8 Å². The van der Waals surface area contributed by atoms with Gasteiger partial charge in [0, 0.05) is 30.1 Å². The van der Waals surface area contributed by atoms with Crippen molar-refractivity contribution >= 4 is 22.1 Å². The first-order valence-corrected chi connectivity index (χ1v) is 8.30. The van der Waals surface area contributed by atoms with Gasteiger partial charge in [0.25, 0.3) is 0 Å². The molecule has 23 heavy (non-hydrogen) atoms. The molecule has 2 fully saturated rings. The zero-order valence-electron chi connectivity index (χ0n) is 12.8. The van der Waals surface area contributed by atoms with Gasteiger partial charge in [-0.2, -0.15) is 5.26 Å². The third-order valence-corrected chi connectivity index (χ3v) is 5.50. The minimum atomic E-state index is 0.520. The minimum Gasteiger partial charge on any atom is -0.346 e. The van der Waals surface area contributed by atoms with Gasteiger partial charge in [-0.1, -0.05) is 0 Å². The van der Waals surface area contributed by atoms with E-state index in [1.807, 2.05) is 18.7 Å². The molecule has 2 aliphatic rings. The molecule has 2 atom stereocenters. The Kier molecular flexibility index (Phi) is 2.66. The van der Waals surface area contributed by atoms with Crippen LogP contribution < -0.4 is 5.01 Å². The summed E-state index contributed by atoms with van der Waals surface area (Å²) >= 11 is 0. The van der Waals surface area contributed by atoms with Crippen molar-refractivity contribution in [3.8, 4) is 6.07 Å². The van der Waals surface area contributed by atoms with Crippen LogP contribution in [0.5, 0.6) is 0 Å². The number of nitrogens with one attached hydrogen (secondary N) is 1. The average molecular weight is 306 g/mol. The minimum absolute atomic E-state index is 0.520.